The fourth-order valence-electron chi connectivity index (χ4n) is 3.00. The van der Waals surface area contributed by atoms with Crippen LogP contribution < -0.4 is 19.1 Å². The van der Waals surface area contributed by atoms with Crippen LogP contribution in [0.1, 0.15) is 33.3 Å². The van der Waals surface area contributed by atoms with E-state index in [0.717, 1.165) is 21.9 Å². The van der Waals surface area contributed by atoms with Crippen molar-refractivity contribution >= 4 is 21.6 Å². The molecule has 1 amide bonds. The van der Waals surface area contributed by atoms with E-state index in [1.165, 1.54) is 0 Å². The van der Waals surface area contributed by atoms with E-state index in [4.69, 9.17) is 9.47 Å². The van der Waals surface area contributed by atoms with E-state index in [2.05, 4.69) is 5.32 Å². The average Bonchev–Trinajstić information content (AvgIpc) is 2.66. The van der Waals surface area contributed by atoms with E-state index in [-0.39, 0.29) is 12.6 Å². The summed E-state index contributed by atoms with van der Waals surface area (Å²) in [5.41, 5.74) is 1.26. The molecule has 1 N–H and O–H groups in total. The van der Waals surface area contributed by atoms with Gasteiger partial charge in [0.1, 0.15) is 17.5 Å². The number of carbonyl (C=O) groups excluding carboxylic acids is 1. The van der Waals surface area contributed by atoms with Gasteiger partial charge in [-0.2, -0.15) is 0 Å². The number of ether oxygens (including phenoxy) is 2. The van der Waals surface area contributed by atoms with Gasteiger partial charge >= 0.3 is 0 Å². The first-order valence-corrected chi connectivity index (χ1v) is 11.7. The Morgan fingerprint density at radius 3 is 2.30 bits per heavy atom. The van der Waals surface area contributed by atoms with Gasteiger partial charge in [-0.15, -0.1) is 0 Å². The normalized spacial score (nSPS) is 12.3. The summed E-state index contributed by atoms with van der Waals surface area (Å²) in [5, 5.41) is 2.81. The summed E-state index contributed by atoms with van der Waals surface area (Å²) in [6.07, 6.45) is 1.13. The maximum atomic E-state index is 12.7. The Hall–Kier alpha value is -2.74. The van der Waals surface area contributed by atoms with Crippen LogP contribution in [0.15, 0.2) is 48.5 Å². The molecule has 164 valence electrons. The van der Waals surface area contributed by atoms with Gasteiger partial charge in [0.25, 0.3) is 0 Å². The zero-order valence-electron chi connectivity index (χ0n) is 18.1. The molecular weight excluding hydrogens is 404 g/mol. The first-order valence-electron chi connectivity index (χ1n) is 9.87. The Labute approximate surface area is 179 Å². The van der Waals surface area contributed by atoms with Crippen LogP contribution in [-0.2, 0) is 21.4 Å². The second-order valence-electron chi connectivity index (χ2n) is 7.19. The molecule has 1 atom stereocenters. The minimum atomic E-state index is -3.68. The van der Waals surface area contributed by atoms with Crippen molar-refractivity contribution in [3.05, 3.63) is 54.1 Å². The van der Waals surface area contributed by atoms with Gasteiger partial charge < -0.3 is 14.8 Å². The van der Waals surface area contributed by atoms with Gasteiger partial charge in [0.2, 0.25) is 15.9 Å². The van der Waals surface area contributed by atoms with Gasteiger partial charge in [-0.3, -0.25) is 9.10 Å². The van der Waals surface area contributed by atoms with Crippen molar-refractivity contribution in [3.8, 4) is 11.5 Å². The minimum absolute atomic E-state index is 0.0484. The van der Waals surface area contributed by atoms with Crippen LogP contribution in [-0.4, -0.2) is 39.3 Å². The SMILES string of the molecule is CCOc1ccc(N(C(C)C(=O)NCc2cccc(OC(C)C)c2)S(C)(=O)=O)cc1. The molecule has 8 heteroatoms. The van der Waals surface area contributed by atoms with E-state index in [9.17, 15) is 13.2 Å². The van der Waals surface area contributed by atoms with Crippen molar-refractivity contribution < 1.29 is 22.7 Å². The second-order valence-corrected chi connectivity index (χ2v) is 9.05. The van der Waals surface area contributed by atoms with Crippen molar-refractivity contribution in [1.29, 1.82) is 0 Å². The lowest BCUT2D eigenvalue weighted by molar-refractivity contribution is -0.122. The van der Waals surface area contributed by atoms with Gasteiger partial charge in [-0.1, -0.05) is 12.1 Å². The van der Waals surface area contributed by atoms with Crippen LogP contribution in [0.3, 0.4) is 0 Å². The van der Waals surface area contributed by atoms with Crippen LogP contribution in [0.4, 0.5) is 5.69 Å². The van der Waals surface area contributed by atoms with E-state index < -0.39 is 22.0 Å². The maximum Gasteiger partial charge on any atom is 0.243 e. The molecule has 0 saturated carbocycles. The van der Waals surface area contributed by atoms with Gasteiger partial charge in [-0.25, -0.2) is 8.42 Å². The molecular formula is C22H30N2O5S. The van der Waals surface area contributed by atoms with Gasteiger partial charge in [0.05, 0.1) is 24.7 Å². The number of nitrogens with zero attached hydrogens (tertiary/aromatic N) is 1. The Bertz CT molecular complexity index is 942. The van der Waals surface area contributed by atoms with Crippen LogP contribution in [0, 0.1) is 0 Å². The Balaban J connectivity index is 2.12. The van der Waals surface area contributed by atoms with Gasteiger partial charge in [0, 0.05) is 6.54 Å². The average molecular weight is 435 g/mol. The van der Waals surface area contributed by atoms with Gasteiger partial charge in [-0.05, 0) is 69.7 Å². The summed E-state index contributed by atoms with van der Waals surface area (Å²) in [4.78, 5) is 12.7. The number of hydrogen-bond acceptors (Lipinski definition) is 5. The third-order valence-electron chi connectivity index (χ3n) is 4.23. The molecule has 0 aliphatic rings. The highest BCUT2D eigenvalue weighted by atomic mass is 32.2. The molecule has 0 aliphatic heterocycles. The highest BCUT2D eigenvalue weighted by Gasteiger charge is 2.29. The second kappa shape index (κ2) is 10.3. The molecule has 0 radical (unpaired) electrons. The largest absolute Gasteiger partial charge is 0.494 e. The molecule has 0 bridgehead atoms. The quantitative estimate of drug-likeness (QED) is 0.620. The molecule has 0 saturated heterocycles. The number of nitrogens with one attached hydrogen (secondary N) is 1. The molecule has 2 aromatic carbocycles. The fourth-order valence-corrected chi connectivity index (χ4v) is 4.18. The summed E-state index contributed by atoms with van der Waals surface area (Å²) in [7, 11) is -3.68. The number of benzene rings is 2. The molecule has 30 heavy (non-hydrogen) atoms. The summed E-state index contributed by atoms with van der Waals surface area (Å²) in [6.45, 7) is 8.09. The predicted molar refractivity (Wildman–Crippen MR) is 118 cm³/mol. The zero-order valence-corrected chi connectivity index (χ0v) is 18.9. The van der Waals surface area contributed by atoms with Crippen LogP contribution in [0.25, 0.3) is 0 Å². The fraction of sp³-hybridized carbons (Fsp3) is 0.409. The number of anilines is 1. The van der Waals surface area contributed by atoms with Crippen molar-refractivity contribution in [2.24, 2.45) is 0 Å². The monoisotopic (exact) mass is 434 g/mol. The Morgan fingerprint density at radius 2 is 1.73 bits per heavy atom. The lowest BCUT2D eigenvalue weighted by atomic mass is 10.2. The maximum absolute atomic E-state index is 12.7. The lowest BCUT2D eigenvalue weighted by Gasteiger charge is -2.28. The Morgan fingerprint density at radius 1 is 1.07 bits per heavy atom. The number of rotatable bonds is 10. The Kier molecular flexibility index (Phi) is 8.11. The molecule has 1 unspecified atom stereocenters. The highest BCUT2D eigenvalue weighted by Crippen LogP contribution is 2.24. The highest BCUT2D eigenvalue weighted by molar-refractivity contribution is 7.92. The van der Waals surface area contributed by atoms with Crippen LogP contribution >= 0.6 is 0 Å². The third-order valence-corrected chi connectivity index (χ3v) is 5.47. The molecule has 2 rings (SSSR count). The minimum Gasteiger partial charge on any atom is -0.494 e. The van der Waals surface area contributed by atoms with Crippen molar-refractivity contribution in [1.82, 2.24) is 5.32 Å². The number of carbonyl (C=O) groups is 1. The van der Waals surface area contributed by atoms with Crippen LogP contribution in [0.2, 0.25) is 0 Å². The lowest BCUT2D eigenvalue weighted by Crippen LogP contribution is -2.47. The first-order chi connectivity index (χ1) is 14.1. The van der Waals surface area contributed by atoms with Crippen molar-refractivity contribution in [2.75, 3.05) is 17.2 Å². The summed E-state index contributed by atoms with van der Waals surface area (Å²) < 4.78 is 37.0. The predicted octanol–water partition coefficient (Wildman–Crippen LogP) is 3.34. The summed E-state index contributed by atoms with van der Waals surface area (Å²) >= 11 is 0. The molecule has 0 aromatic heterocycles. The molecule has 0 spiro atoms. The van der Waals surface area contributed by atoms with E-state index >= 15 is 0 Å². The standard InChI is InChI=1S/C22H30N2O5S/c1-6-28-20-12-10-19(11-13-20)24(30(5,26)27)17(4)22(25)23-15-18-8-7-9-21(14-18)29-16(2)3/h7-14,16-17H,6,15H2,1-5H3,(H,23,25). The van der Waals surface area contributed by atoms with E-state index in [1.807, 2.05) is 45.0 Å². The third kappa shape index (κ3) is 6.66. The topological polar surface area (TPSA) is 84.9 Å². The summed E-state index contributed by atoms with van der Waals surface area (Å²) in [6, 6.07) is 13.1. The smallest absolute Gasteiger partial charge is 0.243 e. The number of amides is 1. The molecule has 0 fully saturated rings. The summed E-state index contributed by atoms with van der Waals surface area (Å²) in [5.74, 6) is 0.955. The first kappa shape index (κ1) is 23.5. The van der Waals surface area contributed by atoms with Gasteiger partial charge in [0.15, 0.2) is 0 Å². The zero-order chi connectivity index (χ0) is 22.3. The van der Waals surface area contributed by atoms with Crippen molar-refractivity contribution in [3.63, 3.8) is 0 Å². The molecule has 2 aromatic rings. The number of hydrogen-bond donors (Lipinski definition) is 1. The number of sulfonamides is 1. The van der Waals surface area contributed by atoms with Crippen molar-refractivity contribution in [2.45, 2.75) is 46.4 Å². The van der Waals surface area contributed by atoms with Crippen LogP contribution in [0.5, 0.6) is 11.5 Å². The molecule has 7 nitrogen and oxygen atoms in total. The van der Waals surface area contributed by atoms with E-state index in [0.29, 0.717) is 18.0 Å². The molecule has 0 heterocycles. The van der Waals surface area contributed by atoms with E-state index in [1.54, 1.807) is 31.2 Å². The molecule has 0 aliphatic carbocycles.